The van der Waals surface area contributed by atoms with Crippen LogP contribution < -0.4 is 4.74 Å². The Morgan fingerprint density at radius 2 is 1.08 bits per heavy atom. The molecule has 0 aromatic heterocycles. The molecule has 38 heavy (non-hydrogen) atoms. The molecule has 2 radical (unpaired) electrons. The number of unbranched alkanes of at least 4 members (excludes halogenated alkanes) is 12. The second kappa shape index (κ2) is 24.8. The van der Waals surface area contributed by atoms with Crippen molar-refractivity contribution in [3.05, 3.63) is 28.8 Å². The average molecular weight is 640 g/mol. The number of aryl methyl sites for hydroxylation is 1. The van der Waals surface area contributed by atoms with E-state index in [0.29, 0.717) is 25.6 Å². The number of carbonyl (C=O) groups is 2. The first-order valence-electron chi connectivity index (χ1n) is 15.2. The SMILES string of the molecule is CCCCCCCCOC(=O)c1ccc(CCCC)c(OCCCC)c1C(=O)OCCCCCCCC.[SnH2]. The minimum atomic E-state index is -0.482. The fraction of sp³-hybridized carbons (Fsp3) is 0.750. The van der Waals surface area contributed by atoms with Crippen LogP contribution in [0.5, 0.6) is 5.75 Å². The third-order valence-corrected chi connectivity index (χ3v) is 6.67. The van der Waals surface area contributed by atoms with Crippen LogP contribution in [0.15, 0.2) is 12.1 Å². The molecule has 0 fully saturated rings. The molecule has 0 bridgehead atoms. The molecule has 218 valence electrons. The summed E-state index contributed by atoms with van der Waals surface area (Å²) in [6, 6.07) is 3.64. The van der Waals surface area contributed by atoms with Gasteiger partial charge in [-0.2, -0.15) is 0 Å². The molecule has 0 amide bonds. The Hall–Kier alpha value is -1.24. The molecule has 0 saturated carbocycles. The maximum absolute atomic E-state index is 13.4. The Morgan fingerprint density at radius 1 is 0.579 bits per heavy atom. The molecule has 0 aliphatic heterocycles. The van der Waals surface area contributed by atoms with Gasteiger partial charge < -0.3 is 14.2 Å². The minimum absolute atomic E-state index is 0. The van der Waals surface area contributed by atoms with E-state index in [1.54, 1.807) is 6.07 Å². The van der Waals surface area contributed by atoms with Crippen molar-refractivity contribution in [1.82, 2.24) is 0 Å². The summed E-state index contributed by atoms with van der Waals surface area (Å²) in [5, 5.41) is 0. The Morgan fingerprint density at radius 3 is 1.63 bits per heavy atom. The summed E-state index contributed by atoms with van der Waals surface area (Å²) in [5.74, 6) is -0.448. The van der Waals surface area contributed by atoms with Gasteiger partial charge in [0.1, 0.15) is 11.3 Å². The number of rotatable bonds is 23. The van der Waals surface area contributed by atoms with Gasteiger partial charge in [0.05, 0.1) is 25.4 Å². The van der Waals surface area contributed by atoms with Crippen LogP contribution in [0, 0.1) is 0 Å². The van der Waals surface area contributed by atoms with Crippen LogP contribution >= 0.6 is 0 Å². The van der Waals surface area contributed by atoms with Gasteiger partial charge in [-0.05, 0) is 43.7 Å². The zero-order chi connectivity index (χ0) is 27.1. The van der Waals surface area contributed by atoms with Gasteiger partial charge in [0.15, 0.2) is 0 Å². The molecule has 1 rings (SSSR count). The fourth-order valence-electron chi connectivity index (χ4n) is 4.29. The molecule has 0 N–H and O–H groups in total. The quantitative estimate of drug-likeness (QED) is 0.0685. The average Bonchev–Trinajstić information content (AvgIpc) is 2.90. The van der Waals surface area contributed by atoms with E-state index in [9.17, 15) is 9.59 Å². The van der Waals surface area contributed by atoms with Gasteiger partial charge in [-0.3, -0.25) is 0 Å². The van der Waals surface area contributed by atoms with Crippen molar-refractivity contribution < 1.29 is 23.8 Å². The number of benzene rings is 1. The van der Waals surface area contributed by atoms with Crippen molar-refractivity contribution in [2.45, 2.75) is 137 Å². The van der Waals surface area contributed by atoms with E-state index < -0.39 is 11.9 Å². The molecule has 0 atom stereocenters. The molecule has 0 heterocycles. The Labute approximate surface area is 250 Å². The summed E-state index contributed by atoms with van der Waals surface area (Å²) in [7, 11) is 0. The van der Waals surface area contributed by atoms with Crippen LogP contribution in [0.3, 0.4) is 0 Å². The van der Waals surface area contributed by atoms with Gasteiger partial charge in [-0.15, -0.1) is 0 Å². The van der Waals surface area contributed by atoms with E-state index in [-0.39, 0.29) is 35.0 Å². The van der Waals surface area contributed by atoms with Crippen molar-refractivity contribution in [1.29, 1.82) is 0 Å². The fourth-order valence-corrected chi connectivity index (χ4v) is 4.29. The van der Waals surface area contributed by atoms with Gasteiger partial charge in [0, 0.05) is 0 Å². The Kier molecular flexibility index (Phi) is 24.0. The molecular formula is C32H56O5Sn. The van der Waals surface area contributed by atoms with Crippen molar-refractivity contribution in [2.24, 2.45) is 0 Å². The van der Waals surface area contributed by atoms with Crippen LogP contribution in [-0.4, -0.2) is 55.7 Å². The third kappa shape index (κ3) is 15.4. The van der Waals surface area contributed by atoms with E-state index in [2.05, 4.69) is 27.7 Å². The monoisotopic (exact) mass is 640 g/mol. The zero-order valence-electron chi connectivity index (χ0n) is 25.0. The van der Waals surface area contributed by atoms with Crippen molar-refractivity contribution in [3.63, 3.8) is 0 Å². The van der Waals surface area contributed by atoms with Crippen molar-refractivity contribution in [2.75, 3.05) is 19.8 Å². The van der Waals surface area contributed by atoms with Crippen LogP contribution in [0.2, 0.25) is 0 Å². The first kappa shape index (κ1) is 36.8. The molecular weight excluding hydrogens is 583 g/mol. The molecule has 1 aromatic rings. The van der Waals surface area contributed by atoms with E-state index in [1.807, 2.05) is 6.07 Å². The van der Waals surface area contributed by atoms with Crippen LogP contribution in [0.25, 0.3) is 0 Å². The van der Waals surface area contributed by atoms with E-state index in [0.717, 1.165) is 76.2 Å². The first-order valence-corrected chi connectivity index (χ1v) is 15.2. The topological polar surface area (TPSA) is 61.8 Å². The van der Waals surface area contributed by atoms with E-state index >= 15 is 0 Å². The molecule has 0 aliphatic rings. The molecule has 0 unspecified atom stereocenters. The molecule has 0 spiro atoms. The molecule has 6 heteroatoms. The molecule has 1 aromatic carbocycles. The predicted octanol–water partition coefficient (Wildman–Crippen LogP) is 8.33. The number of ether oxygens (including phenoxy) is 3. The summed E-state index contributed by atoms with van der Waals surface area (Å²) in [6.07, 6.45) is 18.1. The number of hydrogen-bond acceptors (Lipinski definition) is 5. The standard InChI is InChI=1S/C32H54O5.Sn.2H/c1-5-9-13-15-17-19-25-36-31(33)28-23-22-27(21-11-7-3)30(35-24-12-8-4)29(28)32(34)37-26-20-18-16-14-10-6-2;;;/h22-23H,5-21,24-26H2,1-4H3;;;. The molecule has 0 aliphatic carbocycles. The van der Waals surface area contributed by atoms with Crippen LogP contribution in [0.1, 0.15) is 157 Å². The Bertz CT molecular complexity index is 750. The first-order chi connectivity index (χ1) is 18.1. The van der Waals surface area contributed by atoms with Gasteiger partial charge in [0.2, 0.25) is 0 Å². The summed E-state index contributed by atoms with van der Waals surface area (Å²) >= 11 is 0. The van der Waals surface area contributed by atoms with Gasteiger partial charge in [-0.25, -0.2) is 9.59 Å². The molecule has 0 saturated heterocycles. The Balaban J connectivity index is 0.0000137. The van der Waals surface area contributed by atoms with Gasteiger partial charge >= 0.3 is 35.8 Å². The molecule has 5 nitrogen and oxygen atoms in total. The summed E-state index contributed by atoms with van der Waals surface area (Å²) < 4.78 is 17.5. The van der Waals surface area contributed by atoms with Crippen LogP contribution in [0.4, 0.5) is 0 Å². The summed E-state index contributed by atoms with van der Waals surface area (Å²) in [5.41, 5.74) is 1.45. The number of esters is 2. The second-order valence-electron chi connectivity index (χ2n) is 10.1. The second-order valence-corrected chi connectivity index (χ2v) is 10.1. The van der Waals surface area contributed by atoms with Crippen LogP contribution in [-0.2, 0) is 15.9 Å². The normalized spacial score (nSPS) is 10.6. The van der Waals surface area contributed by atoms with Crippen molar-refractivity contribution in [3.8, 4) is 5.75 Å². The summed E-state index contributed by atoms with van der Waals surface area (Å²) in [6.45, 7) is 9.86. The zero-order valence-corrected chi connectivity index (χ0v) is 29.1. The maximum atomic E-state index is 13.4. The van der Waals surface area contributed by atoms with E-state index in [4.69, 9.17) is 14.2 Å². The van der Waals surface area contributed by atoms with Crippen molar-refractivity contribution >= 4 is 35.8 Å². The summed E-state index contributed by atoms with van der Waals surface area (Å²) in [4.78, 5) is 26.5. The van der Waals surface area contributed by atoms with Gasteiger partial charge in [-0.1, -0.05) is 111 Å². The number of hydrogen-bond donors (Lipinski definition) is 0. The van der Waals surface area contributed by atoms with Gasteiger partial charge in [0.25, 0.3) is 0 Å². The number of carbonyl (C=O) groups excluding carboxylic acids is 2. The third-order valence-electron chi connectivity index (χ3n) is 6.67. The van der Waals surface area contributed by atoms with E-state index in [1.165, 1.54) is 38.5 Å². The predicted molar refractivity (Wildman–Crippen MR) is 161 cm³/mol.